The Balaban J connectivity index is 0.00000121. The molecule has 1 rings (SSSR count). The van der Waals surface area contributed by atoms with Crippen molar-refractivity contribution in [3.8, 4) is 0 Å². The second-order valence-electron chi connectivity index (χ2n) is 3.38. The van der Waals surface area contributed by atoms with Gasteiger partial charge in [0, 0.05) is 20.9 Å². The average molecular weight is 191 g/mol. The Hall–Kier alpha value is -0.210. The third-order valence-electron chi connectivity index (χ3n) is 3.02. The normalized spacial score (nSPS) is 29.2. The maximum atomic E-state index is 2.36. The van der Waals surface area contributed by atoms with Crippen molar-refractivity contribution < 1.29 is 17.3 Å². The summed E-state index contributed by atoms with van der Waals surface area (Å²) in [5.41, 5.74) is 2.94. The van der Waals surface area contributed by atoms with E-state index in [2.05, 4.69) is 39.6 Å². The lowest BCUT2D eigenvalue weighted by Crippen LogP contribution is -3.12. The van der Waals surface area contributed by atoms with Crippen LogP contribution in [0, 0.1) is 0 Å². The molecule has 3 heteroatoms. The van der Waals surface area contributed by atoms with E-state index in [0.29, 0.717) is 6.17 Å². The molecule has 12 heavy (non-hydrogen) atoms. The van der Waals surface area contributed by atoms with Gasteiger partial charge in [0.1, 0.15) is 5.70 Å². The van der Waals surface area contributed by atoms with Crippen molar-refractivity contribution in [2.24, 2.45) is 0 Å². The van der Waals surface area contributed by atoms with Crippen LogP contribution in [0.4, 0.5) is 0 Å². The Bertz CT molecular complexity index is 189. The molecule has 0 aromatic rings. The van der Waals surface area contributed by atoms with Gasteiger partial charge in [-0.25, -0.2) is 0 Å². The van der Waals surface area contributed by atoms with E-state index < -0.39 is 0 Å². The average Bonchev–Trinajstić information content (AvgIpc) is 2.17. The Kier molecular flexibility index (Phi) is 4.08. The molecule has 0 aromatic carbocycles. The van der Waals surface area contributed by atoms with Crippen LogP contribution in [0.1, 0.15) is 27.7 Å². The van der Waals surface area contributed by atoms with Crippen LogP contribution in [-0.4, -0.2) is 24.7 Å². The van der Waals surface area contributed by atoms with Crippen LogP contribution in [0.2, 0.25) is 0 Å². The summed E-state index contributed by atoms with van der Waals surface area (Å²) >= 11 is 0. The first kappa shape index (κ1) is 11.8. The molecule has 1 heterocycles. The first-order valence-electron chi connectivity index (χ1n) is 4.36. The maximum absolute atomic E-state index is 2.36. The lowest BCUT2D eigenvalue weighted by molar-refractivity contribution is -0.885. The highest BCUT2D eigenvalue weighted by molar-refractivity contribution is 5.04. The standard InChI is InChI=1S/C9H18N2.ClH/c1-6-11-8(3)7(2)10(5)9(11)4;/h9H,6H2,1-5H3;1H. The Morgan fingerprint density at radius 3 is 2.08 bits per heavy atom. The van der Waals surface area contributed by atoms with E-state index in [9.17, 15) is 0 Å². The van der Waals surface area contributed by atoms with E-state index in [1.807, 2.05) is 0 Å². The molecule has 2 unspecified atom stereocenters. The summed E-state index contributed by atoms with van der Waals surface area (Å²) in [6, 6.07) is 0. The van der Waals surface area contributed by atoms with Crippen molar-refractivity contribution in [2.75, 3.05) is 13.6 Å². The van der Waals surface area contributed by atoms with Crippen LogP contribution in [0.5, 0.6) is 0 Å². The highest BCUT2D eigenvalue weighted by Gasteiger charge is 2.31. The molecule has 1 aliphatic heterocycles. The zero-order valence-electron chi connectivity index (χ0n) is 8.61. The molecule has 0 saturated heterocycles. The first-order valence-corrected chi connectivity index (χ1v) is 4.36. The van der Waals surface area contributed by atoms with Gasteiger partial charge in [0.25, 0.3) is 0 Å². The Labute approximate surface area is 81.6 Å². The summed E-state index contributed by atoms with van der Waals surface area (Å²) in [5.74, 6) is 0. The van der Waals surface area contributed by atoms with Crippen molar-refractivity contribution in [2.45, 2.75) is 33.9 Å². The molecular formula is C9H19ClN2. The summed E-state index contributed by atoms with van der Waals surface area (Å²) in [5, 5.41) is 0. The molecule has 1 N–H and O–H groups in total. The number of quaternary nitrogens is 1. The third kappa shape index (κ3) is 1.59. The van der Waals surface area contributed by atoms with Crippen LogP contribution >= 0.6 is 0 Å². The Morgan fingerprint density at radius 1 is 1.42 bits per heavy atom. The molecule has 0 radical (unpaired) electrons. The molecule has 0 spiro atoms. The second kappa shape index (κ2) is 4.15. The number of halogens is 1. The van der Waals surface area contributed by atoms with Gasteiger partial charge in [-0.15, -0.1) is 0 Å². The van der Waals surface area contributed by atoms with Crippen LogP contribution in [0.15, 0.2) is 11.4 Å². The fourth-order valence-corrected chi connectivity index (χ4v) is 1.90. The molecule has 0 fully saturated rings. The minimum atomic E-state index is 0. The zero-order chi connectivity index (χ0) is 8.59. The zero-order valence-corrected chi connectivity index (χ0v) is 9.37. The number of nitrogens with one attached hydrogen (secondary N) is 1. The monoisotopic (exact) mass is 190 g/mol. The van der Waals surface area contributed by atoms with Gasteiger partial charge in [-0.1, -0.05) is 0 Å². The van der Waals surface area contributed by atoms with Gasteiger partial charge in [-0.3, -0.25) is 4.90 Å². The minimum Gasteiger partial charge on any atom is -1.00 e. The molecule has 0 aromatic heterocycles. The van der Waals surface area contributed by atoms with E-state index in [0.717, 1.165) is 0 Å². The Morgan fingerprint density at radius 2 is 1.92 bits per heavy atom. The second-order valence-corrected chi connectivity index (χ2v) is 3.38. The first-order chi connectivity index (χ1) is 5.09. The van der Waals surface area contributed by atoms with Crippen molar-refractivity contribution >= 4 is 0 Å². The van der Waals surface area contributed by atoms with Gasteiger partial charge in [0.05, 0.1) is 12.2 Å². The van der Waals surface area contributed by atoms with Gasteiger partial charge < -0.3 is 17.3 Å². The SMILES string of the molecule is CC[NH+]1C(C)=C(C)N(C)C1C.[Cl-]. The van der Waals surface area contributed by atoms with Gasteiger partial charge in [0.2, 0.25) is 0 Å². The van der Waals surface area contributed by atoms with Crippen LogP contribution in [0.3, 0.4) is 0 Å². The van der Waals surface area contributed by atoms with Gasteiger partial charge >= 0.3 is 0 Å². The number of hydrogen-bond donors (Lipinski definition) is 1. The van der Waals surface area contributed by atoms with E-state index in [1.54, 1.807) is 4.90 Å². The minimum absolute atomic E-state index is 0. The molecule has 2 nitrogen and oxygen atoms in total. The topological polar surface area (TPSA) is 7.68 Å². The molecule has 0 saturated carbocycles. The molecule has 0 aliphatic carbocycles. The highest BCUT2D eigenvalue weighted by Crippen LogP contribution is 2.11. The largest absolute Gasteiger partial charge is 1.00 e. The van der Waals surface area contributed by atoms with Crippen molar-refractivity contribution in [3.63, 3.8) is 0 Å². The van der Waals surface area contributed by atoms with Crippen molar-refractivity contribution in [1.29, 1.82) is 0 Å². The van der Waals surface area contributed by atoms with E-state index >= 15 is 0 Å². The summed E-state index contributed by atoms with van der Waals surface area (Å²) in [6.07, 6.45) is 0.625. The third-order valence-corrected chi connectivity index (χ3v) is 3.02. The molecule has 1 aliphatic rings. The van der Waals surface area contributed by atoms with Crippen LogP contribution in [-0.2, 0) is 0 Å². The lowest BCUT2D eigenvalue weighted by Gasteiger charge is -2.22. The molecule has 72 valence electrons. The summed E-state index contributed by atoms with van der Waals surface area (Å²) in [6.45, 7) is 10.1. The van der Waals surface area contributed by atoms with Gasteiger partial charge in [0.15, 0.2) is 6.17 Å². The maximum Gasteiger partial charge on any atom is 0.164 e. The number of allylic oxidation sites excluding steroid dienone is 2. The van der Waals surface area contributed by atoms with Crippen LogP contribution < -0.4 is 17.3 Å². The molecule has 0 amide bonds. The van der Waals surface area contributed by atoms with Crippen LogP contribution in [0.25, 0.3) is 0 Å². The predicted molar refractivity (Wildman–Crippen MR) is 47.1 cm³/mol. The van der Waals surface area contributed by atoms with Gasteiger partial charge in [-0.05, 0) is 13.8 Å². The number of nitrogens with zero attached hydrogens (tertiary/aromatic N) is 1. The predicted octanol–water partition coefficient (Wildman–Crippen LogP) is -2.56. The van der Waals surface area contributed by atoms with E-state index in [1.165, 1.54) is 17.9 Å². The lowest BCUT2D eigenvalue weighted by atomic mass is 10.3. The number of rotatable bonds is 1. The van der Waals surface area contributed by atoms with Crippen molar-refractivity contribution in [3.05, 3.63) is 11.4 Å². The summed E-state index contributed by atoms with van der Waals surface area (Å²) < 4.78 is 0. The van der Waals surface area contributed by atoms with Gasteiger partial charge in [-0.2, -0.15) is 0 Å². The molecule has 2 atom stereocenters. The summed E-state index contributed by atoms with van der Waals surface area (Å²) in [4.78, 5) is 3.96. The quantitative estimate of drug-likeness (QED) is 0.478. The number of hydrogen-bond acceptors (Lipinski definition) is 1. The van der Waals surface area contributed by atoms with Crippen molar-refractivity contribution in [1.82, 2.24) is 4.90 Å². The highest BCUT2D eigenvalue weighted by atomic mass is 35.5. The fourth-order valence-electron chi connectivity index (χ4n) is 1.90. The van der Waals surface area contributed by atoms with E-state index in [4.69, 9.17) is 0 Å². The molecule has 0 bridgehead atoms. The van der Waals surface area contributed by atoms with E-state index in [-0.39, 0.29) is 12.4 Å². The summed E-state index contributed by atoms with van der Waals surface area (Å²) in [7, 11) is 2.17. The molecular weight excluding hydrogens is 172 g/mol. The fraction of sp³-hybridized carbons (Fsp3) is 0.778. The smallest absolute Gasteiger partial charge is 0.164 e.